The molecule has 1 saturated carbocycles. The molecular weight excluding hydrogens is 284 g/mol. The van der Waals surface area contributed by atoms with Crippen LogP contribution in [0.25, 0.3) is 0 Å². The molecule has 3 aliphatic rings. The van der Waals surface area contributed by atoms with E-state index in [0.29, 0.717) is 18.5 Å². The van der Waals surface area contributed by atoms with E-state index in [1.165, 1.54) is 24.8 Å². The second kappa shape index (κ2) is 6.24. The van der Waals surface area contributed by atoms with Crippen molar-refractivity contribution >= 4 is 0 Å². The number of nitrogens with zero attached hydrogens (tertiary/aromatic N) is 2. The zero-order valence-electron chi connectivity index (χ0n) is 13.7. The zero-order chi connectivity index (χ0) is 15.7. The summed E-state index contributed by atoms with van der Waals surface area (Å²) >= 11 is 0. The maximum absolute atomic E-state index is 9.10. The van der Waals surface area contributed by atoms with Crippen LogP contribution < -0.4 is 10.6 Å². The highest BCUT2D eigenvalue weighted by Gasteiger charge is 2.44. The Balaban J connectivity index is 1.26. The van der Waals surface area contributed by atoms with E-state index in [1.54, 1.807) is 0 Å². The molecule has 2 saturated heterocycles. The third kappa shape index (κ3) is 3.01. The van der Waals surface area contributed by atoms with Crippen LogP contribution in [0.5, 0.6) is 0 Å². The molecule has 2 atom stereocenters. The van der Waals surface area contributed by atoms with E-state index in [-0.39, 0.29) is 5.54 Å². The van der Waals surface area contributed by atoms with Gasteiger partial charge in [-0.2, -0.15) is 5.26 Å². The van der Waals surface area contributed by atoms with E-state index in [2.05, 4.69) is 51.9 Å². The highest BCUT2D eigenvalue weighted by Crippen LogP contribution is 2.41. The summed E-state index contributed by atoms with van der Waals surface area (Å²) in [5.41, 5.74) is 1.61. The highest BCUT2D eigenvalue weighted by atomic mass is 15.3. The predicted octanol–water partition coefficient (Wildman–Crippen LogP) is 1.85. The first kappa shape index (κ1) is 15.1. The van der Waals surface area contributed by atoms with Gasteiger partial charge < -0.3 is 10.6 Å². The second-order valence-corrected chi connectivity index (χ2v) is 7.45. The smallest absolute Gasteiger partial charge is 0.0642 e. The van der Waals surface area contributed by atoms with E-state index in [1.807, 2.05) is 0 Å². The Bertz CT molecular complexity index is 567. The average Bonchev–Trinajstić information content (AvgIpc) is 3.32. The largest absolute Gasteiger partial charge is 0.313 e. The lowest BCUT2D eigenvalue weighted by Gasteiger charge is -2.52. The van der Waals surface area contributed by atoms with Crippen molar-refractivity contribution in [3.63, 3.8) is 0 Å². The monoisotopic (exact) mass is 310 g/mol. The van der Waals surface area contributed by atoms with Crippen LogP contribution >= 0.6 is 0 Å². The fourth-order valence-corrected chi connectivity index (χ4v) is 4.29. The Labute approximate surface area is 138 Å². The van der Waals surface area contributed by atoms with Gasteiger partial charge in [0.2, 0.25) is 0 Å². The standard InChI is InChI=1S/C19H26N4/c20-9-8-19(13-21-14-19)23-10-6-16(7-11-23)22-18-12-17(18)15-4-2-1-3-5-15/h1-5,16-18,21-22H,6-8,10-14H2/t17-,18+/m0/s1. The minimum atomic E-state index is 0.131. The topological polar surface area (TPSA) is 51.1 Å². The van der Waals surface area contributed by atoms with Crippen LogP contribution in [0.3, 0.4) is 0 Å². The van der Waals surface area contributed by atoms with E-state index in [0.717, 1.165) is 32.1 Å². The van der Waals surface area contributed by atoms with E-state index < -0.39 is 0 Å². The van der Waals surface area contributed by atoms with Crippen molar-refractivity contribution < 1.29 is 0 Å². The minimum absolute atomic E-state index is 0.131. The van der Waals surface area contributed by atoms with Crippen LogP contribution in [0, 0.1) is 11.3 Å². The van der Waals surface area contributed by atoms with Crippen molar-refractivity contribution in [2.75, 3.05) is 26.2 Å². The summed E-state index contributed by atoms with van der Waals surface area (Å²) in [6.07, 6.45) is 4.37. The Morgan fingerprint density at radius 1 is 1.22 bits per heavy atom. The molecule has 2 heterocycles. The zero-order valence-corrected chi connectivity index (χ0v) is 13.7. The van der Waals surface area contributed by atoms with Crippen molar-refractivity contribution in [1.29, 1.82) is 5.26 Å². The molecule has 1 aromatic rings. The number of benzene rings is 1. The van der Waals surface area contributed by atoms with Gasteiger partial charge in [0.25, 0.3) is 0 Å². The van der Waals surface area contributed by atoms with E-state index in [4.69, 9.17) is 5.26 Å². The number of likely N-dealkylation sites (tertiary alicyclic amines) is 1. The Hall–Kier alpha value is -1.41. The molecule has 0 spiro atoms. The fraction of sp³-hybridized carbons (Fsp3) is 0.632. The summed E-state index contributed by atoms with van der Waals surface area (Å²) in [6, 6.07) is 14.6. The van der Waals surface area contributed by atoms with Crippen LogP contribution in [0.2, 0.25) is 0 Å². The molecule has 1 aliphatic carbocycles. The molecule has 3 fully saturated rings. The molecule has 1 aromatic carbocycles. The molecule has 2 aliphatic heterocycles. The third-order valence-corrected chi connectivity index (χ3v) is 5.95. The van der Waals surface area contributed by atoms with Gasteiger partial charge >= 0.3 is 0 Å². The number of hydrogen-bond acceptors (Lipinski definition) is 4. The van der Waals surface area contributed by atoms with Crippen LogP contribution in [0.4, 0.5) is 0 Å². The Morgan fingerprint density at radius 3 is 2.57 bits per heavy atom. The third-order valence-electron chi connectivity index (χ3n) is 5.95. The molecule has 0 unspecified atom stereocenters. The molecule has 4 heteroatoms. The molecule has 0 radical (unpaired) electrons. The predicted molar refractivity (Wildman–Crippen MR) is 91.1 cm³/mol. The van der Waals surface area contributed by atoms with E-state index in [9.17, 15) is 0 Å². The number of nitriles is 1. The van der Waals surface area contributed by atoms with Gasteiger partial charge in [-0.05, 0) is 24.8 Å². The average molecular weight is 310 g/mol. The van der Waals surface area contributed by atoms with Crippen molar-refractivity contribution in [3.05, 3.63) is 35.9 Å². The maximum Gasteiger partial charge on any atom is 0.0642 e. The minimum Gasteiger partial charge on any atom is -0.313 e. The Morgan fingerprint density at radius 2 is 1.96 bits per heavy atom. The van der Waals surface area contributed by atoms with Gasteiger partial charge in [-0.15, -0.1) is 0 Å². The second-order valence-electron chi connectivity index (χ2n) is 7.45. The van der Waals surface area contributed by atoms with Gasteiger partial charge in [-0.25, -0.2) is 0 Å². The number of piperidine rings is 1. The van der Waals surface area contributed by atoms with Crippen molar-refractivity contribution in [3.8, 4) is 6.07 Å². The molecule has 0 amide bonds. The van der Waals surface area contributed by atoms with Gasteiger partial charge in [0.15, 0.2) is 0 Å². The summed E-state index contributed by atoms with van der Waals surface area (Å²) in [6.45, 7) is 4.22. The van der Waals surface area contributed by atoms with E-state index >= 15 is 0 Å². The molecular formula is C19H26N4. The lowest BCUT2D eigenvalue weighted by Crippen LogP contribution is -2.70. The van der Waals surface area contributed by atoms with Crippen LogP contribution in [0.1, 0.15) is 37.2 Å². The van der Waals surface area contributed by atoms with Crippen LogP contribution in [-0.4, -0.2) is 48.7 Å². The van der Waals surface area contributed by atoms with Crippen LogP contribution in [0.15, 0.2) is 30.3 Å². The molecule has 0 aromatic heterocycles. The first-order valence-corrected chi connectivity index (χ1v) is 8.94. The first-order valence-electron chi connectivity index (χ1n) is 8.94. The van der Waals surface area contributed by atoms with Gasteiger partial charge in [0.05, 0.1) is 18.0 Å². The first-order chi connectivity index (χ1) is 11.3. The summed E-state index contributed by atoms with van der Waals surface area (Å²) in [7, 11) is 0. The summed E-state index contributed by atoms with van der Waals surface area (Å²) in [4.78, 5) is 2.56. The highest BCUT2D eigenvalue weighted by molar-refractivity contribution is 5.27. The molecule has 4 rings (SSSR count). The van der Waals surface area contributed by atoms with Crippen LogP contribution in [-0.2, 0) is 0 Å². The summed E-state index contributed by atoms with van der Waals surface area (Å²) < 4.78 is 0. The molecule has 122 valence electrons. The Kier molecular flexibility index (Phi) is 4.11. The summed E-state index contributed by atoms with van der Waals surface area (Å²) in [5, 5.41) is 16.3. The van der Waals surface area contributed by atoms with Gasteiger partial charge in [0, 0.05) is 44.2 Å². The number of hydrogen-bond donors (Lipinski definition) is 2. The molecule has 0 bridgehead atoms. The normalized spacial score (nSPS) is 30.4. The van der Waals surface area contributed by atoms with Crippen molar-refractivity contribution in [1.82, 2.24) is 15.5 Å². The van der Waals surface area contributed by atoms with Gasteiger partial charge in [-0.3, -0.25) is 4.90 Å². The lowest BCUT2D eigenvalue weighted by atomic mass is 9.85. The van der Waals surface area contributed by atoms with Crippen molar-refractivity contribution in [2.24, 2.45) is 0 Å². The molecule has 23 heavy (non-hydrogen) atoms. The molecule has 2 N–H and O–H groups in total. The quantitative estimate of drug-likeness (QED) is 0.871. The van der Waals surface area contributed by atoms with Gasteiger partial charge in [-0.1, -0.05) is 30.3 Å². The lowest BCUT2D eigenvalue weighted by molar-refractivity contribution is 0.0182. The molecule has 4 nitrogen and oxygen atoms in total. The summed E-state index contributed by atoms with van der Waals surface area (Å²) in [5.74, 6) is 0.718. The SMILES string of the molecule is N#CCC1(N2CCC(N[C@@H]3C[C@H]3c3ccccc3)CC2)CNC1. The number of rotatable bonds is 5. The van der Waals surface area contributed by atoms with Gasteiger partial charge in [0.1, 0.15) is 0 Å². The fourth-order valence-electron chi connectivity index (χ4n) is 4.29. The van der Waals surface area contributed by atoms with Crippen molar-refractivity contribution in [2.45, 2.75) is 49.2 Å². The maximum atomic E-state index is 9.10. The number of nitrogens with one attached hydrogen (secondary N) is 2.